The molecule has 0 heterocycles. The van der Waals surface area contributed by atoms with E-state index in [1.54, 1.807) is 54.6 Å². The Morgan fingerprint density at radius 1 is 0.806 bits per heavy atom. The number of hydrogen-bond acceptors (Lipinski definition) is 4. The van der Waals surface area contributed by atoms with Gasteiger partial charge < -0.3 is 4.74 Å². The van der Waals surface area contributed by atoms with Crippen molar-refractivity contribution < 1.29 is 14.3 Å². The summed E-state index contributed by atoms with van der Waals surface area (Å²) in [7, 11) is 0. The summed E-state index contributed by atoms with van der Waals surface area (Å²) in [6.07, 6.45) is 1.52. The van der Waals surface area contributed by atoms with Crippen LogP contribution >= 0.6 is 11.6 Å². The number of esters is 1. The van der Waals surface area contributed by atoms with Crippen molar-refractivity contribution >= 4 is 40.5 Å². The number of carbonyl (C=O) groups excluding carboxylic acids is 2. The molecule has 4 aromatic carbocycles. The van der Waals surface area contributed by atoms with E-state index in [1.165, 1.54) is 6.21 Å². The van der Waals surface area contributed by atoms with E-state index in [9.17, 15) is 9.59 Å². The Kier molecular flexibility index (Phi) is 6.05. The lowest BCUT2D eigenvalue weighted by Crippen LogP contribution is -2.17. The Labute approximate surface area is 183 Å². The third kappa shape index (κ3) is 4.79. The average molecular weight is 429 g/mol. The van der Waals surface area contributed by atoms with E-state index >= 15 is 0 Å². The molecule has 0 aliphatic carbocycles. The lowest BCUT2D eigenvalue weighted by molar-refractivity contribution is 0.0734. The maximum atomic E-state index is 12.5. The summed E-state index contributed by atoms with van der Waals surface area (Å²) >= 11 is 6.02. The van der Waals surface area contributed by atoms with Gasteiger partial charge in [-0.2, -0.15) is 5.10 Å². The quantitative estimate of drug-likeness (QED) is 0.198. The second kappa shape index (κ2) is 9.24. The van der Waals surface area contributed by atoms with Gasteiger partial charge in [0.25, 0.3) is 5.91 Å². The second-order valence-corrected chi connectivity index (χ2v) is 7.07. The topological polar surface area (TPSA) is 67.8 Å². The van der Waals surface area contributed by atoms with E-state index in [1.807, 2.05) is 36.4 Å². The summed E-state index contributed by atoms with van der Waals surface area (Å²) in [5.41, 5.74) is 4.13. The van der Waals surface area contributed by atoms with Gasteiger partial charge in [-0.25, -0.2) is 10.2 Å². The van der Waals surface area contributed by atoms with Gasteiger partial charge in [0.1, 0.15) is 5.75 Å². The SMILES string of the molecule is O=C(Oc1ccc(/C=N\NC(=O)c2cccc3ccccc23)cc1)c1ccccc1Cl. The van der Waals surface area contributed by atoms with E-state index in [4.69, 9.17) is 16.3 Å². The maximum absolute atomic E-state index is 12.5. The number of carbonyl (C=O) groups is 2. The fourth-order valence-corrected chi connectivity index (χ4v) is 3.27. The Morgan fingerprint density at radius 2 is 1.48 bits per heavy atom. The lowest BCUT2D eigenvalue weighted by Gasteiger charge is -2.06. The van der Waals surface area contributed by atoms with Crippen molar-refractivity contribution in [1.82, 2.24) is 5.43 Å². The van der Waals surface area contributed by atoms with Crippen LogP contribution in [0.3, 0.4) is 0 Å². The van der Waals surface area contributed by atoms with Crippen LogP contribution < -0.4 is 10.2 Å². The molecule has 4 aromatic rings. The summed E-state index contributed by atoms with van der Waals surface area (Å²) in [4.78, 5) is 24.7. The number of halogens is 1. The second-order valence-electron chi connectivity index (χ2n) is 6.66. The zero-order valence-electron chi connectivity index (χ0n) is 16.3. The molecule has 0 aliphatic rings. The summed E-state index contributed by atoms with van der Waals surface area (Å²) in [6.45, 7) is 0. The Morgan fingerprint density at radius 3 is 2.29 bits per heavy atom. The van der Waals surface area contributed by atoms with E-state index in [0.717, 1.165) is 16.3 Å². The molecule has 0 fully saturated rings. The molecule has 0 atom stereocenters. The summed E-state index contributed by atoms with van der Waals surface area (Å²) in [5, 5.41) is 6.21. The Balaban J connectivity index is 1.39. The van der Waals surface area contributed by atoms with E-state index in [0.29, 0.717) is 21.9 Å². The molecule has 0 saturated carbocycles. The largest absolute Gasteiger partial charge is 0.423 e. The first-order valence-corrected chi connectivity index (χ1v) is 9.87. The summed E-state index contributed by atoms with van der Waals surface area (Å²) in [5.74, 6) is -0.449. The lowest BCUT2D eigenvalue weighted by atomic mass is 10.0. The highest BCUT2D eigenvalue weighted by Gasteiger charge is 2.12. The van der Waals surface area contributed by atoms with Gasteiger partial charge in [-0.1, -0.05) is 60.1 Å². The highest BCUT2D eigenvalue weighted by Crippen LogP contribution is 2.20. The number of hydrazone groups is 1. The highest BCUT2D eigenvalue weighted by atomic mass is 35.5. The number of nitrogens with one attached hydrogen (secondary N) is 1. The van der Waals surface area contributed by atoms with Gasteiger partial charge in [-0.15, -0.1) is 0 Å². The van der Waals surface area contributed by atoms with Gasteiger partial charge in [0.05, 0.1) is 16.8 Å². The number of rotatable bonds is 5. The molecular weight excluding hydrogens is 412 g/mol. The standard InChI is InChI=1S/C25H17ClN2O3/c26-23-11-4-3-9-22(23)25(30)31-19-14-12-17(13-15-19)16-27-28-24(29)21-10-5-7-18-6-1-2-8-20(18)21/h1-16H,(H,28,29)/b27-16-. The molecule has 0 aromatic heterocycles. The maximum Gasteiger partial charge on any atom is 0.345 e. The van der Waals surface area contributed by atoms with Gasteiger partial charge in [0, 0.05) is 5.56 Å². The first-order valence-electron chi connectivity index (χ1n) is 9.50. The van der Waals surface area contributed by atoms with Gasteiger partial charge in [0.15, 0.2) is 0 Å². The van der Waals surface area contributed by atoms with Crippen molar-refractivity contribution in [2.24, 2.45) is 5.10 Å². The van der Waals surface area contributed by atoms with Crippen LogP contribution in [0.4, 0.5) is 0 Å². The van der Waals surface area contributed by atoms with Crippen molar-refractivity contribution in [1.29, 1.82) is 0 Å². The first-order chi connectivity index (χ1) is 15.1. The molecule has 152 valence electrons. The molecule has 31 heavy (non-hydrogen) atoms. The van der Waals surface area contributed by atoms with Gasteiger partial charge in [-0.3, -0.25) is 4.79 Å². The Bertz CT molecular complexity index is 1280. The van der Waals surface area contributed by atoms with Crippen molar-refractivity contribution in [2.45, 2.75) is 0 Å². The normalized spacial score (nSPS) is 10.9. The van der Waals surface area contributed by atoms with Crippen LogP contribution in [0.1, 0.15) is 26.3 Å². The Hall–Kier alpha value is -3.96. The minimum absolute atomic E-state index is 0.293. The minimum atomic E-state index is -0.533. The molecule has 0 bridgehead atoms. The fraction of sp³-hybridized carbons (Fsp3) is 0. The predicted octanol–water partition coefficient (Wildman–Crippen LogP) is 5.48. The van der Waals surface area contributed by atoms with Gasteiger partial charge in [0.2, 0.25) is 0 Å². The first kappa shape index (κ1) is 20.3. The molecule has 0 spiro atoms. The summed E-state index contributed by atoms with van der Waals surface area (Å²) < 4.78 is 5.34. The van der Waals surface area contributed by atoms with E-state index in [-0.39, 0.29) is 5.91 Å². The van der Waals surface area contributed by atoms with Crippen LogP contribution in [-0.2, 0) is 0 Å². The minimum Gasteiger partial charge on any atom is -0.423 e. The molecule has 0 radical (unpaired) electrons. The molecule has 5 nitrogen and oxygen atoms in total. The van der Waals surface area contributed by atoms with Gasteiger partial charge >= 0.3 is 5.97 Å². The van der Waals surface area contributed by atoms with Crippen molar-refractivity contribution in [3.8, 4) is 5.75 Å². The molecule has 6 heteroatoms. The molecule has 1 N–H and O–H groups in total. The zero-order chi connectivity index (χ0) is 21.6. The van der Waals surface area contributed by atoms with Crippen LogP contribution in [-0.4, -0.2) is 18.1 Å². The smallest absolute Gasteiger partial charge is 0.345 e. The molecule has 0 unspecified atom stereocenters. The van der Waals surface area contributed by atoms with Crippen molar-refractivity contribution in [2.75, 3.05) is 0 Å². The zero-order valence-corrected chi connectivity index (χ0v) is 17.0. The van der Waals surface area contributed by atoms with Crippen LogP contribution in [0.5, 0.6) is 5.75 Å². The van der Waals surface area contributed by atoms with Crippen molar-refractivity contribution in [3.05, 3.63) is 113 Å². The van der Waals surface area contributed by atoms with Crippen LogP contribution in [0.25, 0.3) is 10.8 Å². The van der Waals surface area contributed by atoms with Crippen LogP contribution in [0.15, 0.2) is 96.1 Å². The van der Waals surface area contributed by atoms with Crippen molar-refractivity contribution in [3.63, 3.8) is 0 Å². The highest BCUT2D eigenvalue weighted by molar-refractivity contribution is 6.33. The molecule has 0 aliphatic heterocycles. The third-order valence-electron chi connectivity index (χ3n) is 4.60. The monoisotopic (exact) mass is 428 g/mol. The third-order valence-corrected chi connectivity index (χ3v) is 4.93. The number of nitrogens with zero attached hydrogens (tertiary/aromatic N) is 1. The number of fused-ring (bicyclic) bond motifs is 1. The summed E-state index contributed by atoms with van der Waals surface area (Å²) in [6, 6.07) is 26.6. The molecule has 0 saturated heterocycles. The fourth-order valence-electron chi connectivity index (χ4n) is 3.06. The molecule has 4 rings (SSSR count). The predicted molar refractivity (Wildman–Crippen MR) is 122 cm³/mol. The van der Waals surface area contributed by atoms with E-state index in [2.05, 4.69) is 10.5 Å². The number of amides is 1. The van der Waals surface area contributed by atoms with Crippen LogP contribution in [0.2, 0.25) is 5.02 Å². The number of hydrogen-bond donors (Lipinski definition) is 1. The average Bonchev–Trinajstić information content (AvgIpc) is 2.80. The van der Waals surface area contributed by atoms with Crippen LogP contribution in [0, 0.1) is 0 Å². The molecule has 1 amide bonds. The number of benzene rings is 4. The number of ether oxygens (including phenoxy) is 1. The van der Waals surface area contributed by atoms with Gasteiger partial charge in [-0.05, 0) is 58.8 Å². The molecular formula is C25H17ClN2O3. The van der Waals surface area contributed by atoms with E-state index < -0.39 is 5.97 Å².